The van der Waals surface area contributed by atoms with Crippen LogP contribution < -0.4 is 5.32 Å². The van der Waals surface area contributed by atoms with E-state index in [9.17, 15) is 19.7 Å². The monoisotopic (exact) mass is 440 g/mol. The van der Waals surface area contributed by atoms with Gasteiger partial charge in [0.1, 0.15) is 0 Å². The number of likely N-dealkylation sites (tertiary alicyclic amines) is 1. The number of nitrogens with zero attached hydrogens (tertiary/aromatic N) is 5. The number of hydrogen-bond donors (Lipinski definition) is 1. The van der Waals surface area contributed by atoms with E-state index in [1.54, 1.807) is 19.1 Å². The third-order valence-electron chi connectivity index (χ3n) is 6.49. The molecular weight excluding hydrogens is 412 g/mol. The summed E-state index contributed by atoms with van der Waals surface area (Å²) >= 11 is 0. The zero-order valence-electron chi connectivity index (χ0n) is 18.2. The number of piperidine rings is 1. The lowest BCUT2D eigenvalue weighted by molar-refractivity contribution is -0.384. The van der Waals surface area contributed by atoms with E-state index in [0.717, 1.165) is 25.7 Å². The fraction of sp³-hybridized carbons (Fsp3) is 0.545. The molecule has 2 amide bonds. The van der Waals surface area contributed by atoms with Gasteiger partial charge in [-0.05, 0) is 38.7 Å². The van der Waals surface area contributed by atoms with E-state index in [-0.39, 0.29) is 35.2 Å². The van der Waals surface area contributed by atoms with Gasteiger partial charge in [-0.15, -0.1) is 5.10 Å². The summed E-state index contributed by atoms with van der Waals surface area (Å²) in [6.45, 7) is 3.01. The third-order valence-corrected chi connectivity index (χ3v) is 6.49. The van der Waals surface area contributed by atoms with Crippen LogP contribution >= 0.6 is 0 Å². The van der Waals surface area contributed by atoms with Crippen LogP contribution in [-0.2, 0) is 4.79 Å². The molecule has 0 spiro atoms. The molecule has 1 aliphatic carbocycles. The molecule has 4 rings (SSSR count). The summed E-state index contributed by atoms with van der Waals surface area (Å²) in [5.41, 5.74) is 1.11. The average Bonchev–Trinajstić information content (AvgIpc) is 3.21. The molecule has 10 nitrogen and oxygen atoms in total. The Morgan fingerprint density at radius 2 is 1.84 bits per heavy atom. The zero-order chi connectivity index (χ0) is 22.7. The van der Waals surface area contributed by atoms with E-state index >= 15 is 0 Å². The summed E-state index contributed by atoms with van der Waals surface area (Å²) in [4.78, 5) is 38.0. The molecule has 170 valence electrons. The first kappa shape index (κ1) is 21.9. The molecule has 1 aromatic heterocycles. The smallest absolute Gasteiger partial charge is 0.273 e. The fourth-order valence-electron chi connectivity index (χ4n) is 4.63. The molecule has 10 heteroatoms. The van der Waals surface area contributed by atoms with Gasteiger partial charge in [-0.1, -0.05) is 30.5 Å². The van der Waals surface area contributed by atoms with Crippen molar-refractivity contribution in [1.29, 1.82) is 0 Å². The minimum absolute atomic E-state index is 0.0275. The van der Waals surface area contributed by atoms with Crippen molar-refractivity contribution in [1.82, 2.24) is 25.2 Å². The largest absolute Gasteiger partial charge is 0.348 e. The van der Waals surface area contributed by atoms with Crippen LogP contribution in [0.15, 0.2) is 24.3 Å². The molecule has 0 bridgehead atoms. The van der Waals surface area contributed by atoms with Gasteiger partial charge in [-0.3, -0.25) is 19.7 Å². The van der Waals surface area contributed by atoms with Gasteiger partial charge < -0.3 is 10.2 Å². The molecule has 2 heterocycles. The Balaban J connectivity index is 1.35. The second-order valence-electron chi connectivity index (χ2n) is 8.62. The van der Waals surface area contributed by atoms with Crippen LogP contribution in [0.1, 0.15) is 61.1 Å². The van der Waals surface area contributed by atoms with Crippen LogP contribution in [0.3, 0.4) is 0 Å². The van der Waals surface area contributed by atoms with Gasteiger partial charge in [0.25, 0.3) is 11.6 Å². The van der Waals surface area contributed by atoms with Crippen LogP contribution in [-0.4, -0.2) is 55.8 Å². The van der Waals surface area contributed by atoms with Crippen LogP contribution in [0, 0.1) is 23.0 Å². The van der Waals surface area contributed by atoms with E-state index in [1.165, 1.54) is 23.2 Å². The van der Waals surface area contributed by atoms with Crippen molar-refractivity contribution >= 4 is 17.5 Å². The molecule has 2 aliphatic rings. The maximum absolute atomic E-state index is 12.8. The fourth-order valence-corrected chi connectivity index (χ4v) is 4.63. The van der Waals surface area contributed by atoms with Crippen molar-refractivity contribution in [2.45, 2.75) is 57.9 Å². The van der Waals surface area contributed by atoms with Crippen molar-refractivity contribution in [3.63, 3.8) is 0 Å². The van der Waals surface area contributed by atoms with Crippen molar-refractivity contribution in [2.24, 2.45) is 5.92 Å². The lowest BCUT2D eigenvalue weighted by Crippen LogP contribution is -2.48. The number of non-ortho nitro benzene ring substituents is 1. The molecule has 2 fully saturated rings. The Morgan fingerprint density at radius 3 is 2.53 bits per heavy atom. The highest BCUT2D eigenvalue weighted by atomic mass is 16.6. The molecule has 0 atom stereocenters. The van der Waals surface area contributed by atoms with E-state index in [4.69, 9.17) is 0 Å². The molecule has 1 saturated heterocycles. The SMILES string of the molecule is Cc1c(C(=O)NC2CCN(C(=O)C3CCCCC3)CC2)nnn1-c1cccc([N+](=O)[O-])c1. The first-order valence-electron chi connectivity index (χ1n) is 11.2. The number of carbonyl (C=O) groups is 2. The Bertz CT molecular complexity index is 1010. The second-order valence-corrected chi connectivity index (χ2v) is 8.62. The molecule has 1 saturated carbocycles. The predicted octanol–water partition coefficient (Wildman–Crippen LogP) is 2.79. The molecule has 32 heavy (non-hydrogen) atoms. The summed E-state index contributed by atoms with van der Waals surface area (Å²) < 4.78 is 1.42. The molecule has 0 unspecified atom stereocenters. The molecule has 2 aromatic rings. The number of carbonyl (C=O) groups excluding carboxylic acids is 2. The van der Waals surface area contributed by atoms with Gasteiger partial charge in [-0.2, -0.15) is 0 Å². The van der Waals surface area contributed by atoms with Crippen LogP contribution in [0.2, 0.25) is 0 Å². The van der Waals surface area contributed by atoms with E-state index in [1.807, 2.05) is 4.90 Å². The maximum Gasteiger partial charge on any atom is 0.273 e. The minimum Gasteiger partial charge on any atom is -0.348 e. The van der Waals surface area contributed by atoms with Gasteiger partial charge in [0, 0.05) is 37.2 Å². The summed E-state index contributed by atoms with van der Waals surface area (Å²) in [6, 6.07) is 6.00. The van der Waals surface area contributed by atoms with Crippen LogP contribution in [0.5, 0.6) is 0 Å². The first-order valence-corrected chi connectivity index (χ1v) is 11.2. The van der Waals surface area contributed by atoms with E-state index in [2.05, 4.69) is 15.6 Å². The normalized spacial score (nSPS) is 17.8. The number of nitrogens with one attached hydrogen (secondary N) is 1. The number of aromatic nitrogens is 3. The summed E-state index contributed by atoms with van der Waals surface area (Å²) in [5.74, 6) is 0.114. The average molecular weight is 441 g/mol. The Labute approximate surface area is 186 Å². The van der Waals surface area contributed by atoms with Gasteiger partial charge in [0.2, 0.25) is 5.91 Å². The van der Waals surface area contributed by atoms with Crippen molar-refractivity contribution in [3.8, 4) is 5.69 Å². The number of nitro groups is 1. The van der Waals surface area contributed by atoms with E-state index < -0.39 is 4.92 Å². The highest BCUT2D eigenvalue weighted by molar-refractivity contribution is 5.93. The molecule has 1 aliphatic heterocycles. The quantitative estimate of drug-likeness (QED) is 0.563. The van der Waals surface area contributed by atoms with Gasteiger partial charge in [0.15, 0.2) is 5.69 Å². The Kier molecular flexibility index (Phi) is 6.48. The molecule has 1 N–H and O–H groups in total. The molecule has 1 aromatic carbocycles. The lowest BCUT2D eigenvalue weighted by atomic mass is 9.87. The van der Waals surface area contributed by atoms with Gasteiger partial charge >= 0.3 is 0 Å². The van der Waals surface area contributed by atoms with Crippen LogP contribution in [0.25, 0.3) is 5.69 Å². The number of nitro benzene ring substituents is 1. The second kappa shape index (κ2) is 9.46. The van der Waals surface area contributed by atoms with Crippen molar-refractivity contribution in [3.05, 3.63) is 45.8 Å². The highest BCUT2D eigenvalue weighted by Gasteiger charge is 2.30. The Hall–Kier alpha value is -3.30. The lowest BCUT2D eigenvalue weighted by Gasteiger charge is -2.35. The third kappa shape index (κ3) is 4.63. The van der Waals surface area contributed by atoms with Crippen molar-refractivity contribution < 1.29 is 14.5 Å². The molecular formula is C22H28N6O4. The zero-order valence-corrected chi connectivity index (χ0v) is 18.2. The highest BCUT2D eigenvalue weighted by Crippen LogP contribution is 2.26. The standard InChI is InChI=1S/C22H28N6O4/c1-15-20(24-25-27(15)18-8-5-9-19(14-18)28(31)32)21(29)23-17-10-12-26(13-11-17)22(30)16-6-3-2-4-7-16/h5,8-9,14,16-17H,2-4,6-7,10-13H2,1H3,(H,23,29). The summed E-state index contributed by atoms with van der Waals surface area (Å²) in [5, 5.41) is 22.1. The maximum atomic E-state index is 12.8. The van der Waals surface area contributed by atoms with Crippen molar-refractivity contribution in [2.75, 3.05) is 13.1 Å². The number of rotatable bonds is 5. The molecule has 0 radical (unpaired) electrons. The first-order chi connectivity index (χ1) is 15.4. The van der Waals surface area contributed by atoms with Gasteiger partial charge in [0.05, 0.1) is 16.3 Å². The summed E-state index contributed by atoms with van der Waals surface area (Å²) in [7, 11) is 0. The topological polar surface area (TPSA) is 123 Å². The van der Waals surface area contributed by atoms with Crippen LogP contribution in [0.4, 0.5) is 5.69 Å². The number of hydrogen-bond acceptors (Lipinski definition) is 6. The predicted molar refractivity (Wildman–Crippen MR) is 116 cm³/mol. The number of amides is 2. The Morgan fingerprint density at radius 1 is 1.12 bits per heavy atom. The minimum atomic E-state index is -0.477. The summed E-state index contributed by atoms with van der Waals surface area (Å²) in [6.07, 6.45) is 6.91. The number of benzene rings is 1. The van der Waals surface area contributed by atoms with Gasteiger partial charge in [-0.25, -0.2) is 4.68 Å². The van der Waals surface area contributed by atoms with E-state index in [0.29, 0.717) is 37.3 Å².